The number of carbonyl (C=O) groups is 2. The van der Waals surface area contributed by atoms with E-state index in [2.05, 4.69) is 5.32 Å². The second kappa shape index (κ2) is 6.09. The Bertz CT molecular complexity index is 389. The molecule has 0 aliphatic heterocycles. The molecule has 0 atom stereocenters. The van der Waals surface area contributed by atoms with Gasteiger partial charge in [0.05, 0.1) is 0 Å². The van der Waals surface area contributed by atoms with Gasteiger partial charge in [0.15, 0.2) is 0 Å². The largest absolute Gasteiger partial charge is 0.326 e. The first-order valence-corrected chi connectivity index (χ1v) is 5.40. The van der Waals surface area contributed by atoms with Crippen molar-refractivity contribution in [2.75, 3.05) is 10.6 Å². The molecule has 2 N–H and O–H groups in total. The maximum atomic E-state index is 12.0. The maximum absolute atomic E-state index is 12.0. The lowest BCUT2D eigenvalue weighted by molar-refractivity contribution is -0.126. The number of nitrogens with one attached hydrogen (secondary N) is 2. The highest BCUT2D eigenvalue weighted by molar-refractivity contribution is 5.94. The predicted octanol–water partition coefficient (Wildman–Crippen LogP) is 2.48. The van der Waals surface area contributed by atoms with E-state index >= 15 is 0 Å². The summed E-state index contributed by atoms with van der Waals surface area (Å²) in [6.07, 6.45) is -3.05. The summed E-state index contributed by atoms with van der Waals surface area (Å²) in [5.74, 6) is -1.64. The average Bonchev–Trinajstić information content (AvgIpc) is 2.31. The molecule has 1 aromatic carbocycles. The Morgan fingerprint density at radius 3 is 1.67 bits per heavy atom. The van der Waals surface area contributed by atoms with Gasteiger partial charge in [0.1, 0.15) is 0 Å². The molecular weight excluding hydrogens is 242 g/mol. The first-order chi connectivity index (χ1) is 8.40. The van der Waals surface area contributed by atoms with Crippen LogP contribution in [0.15, 0.2) is 24.3 Å². The molecule has 1 rings (SSSR count). The van der Waals surface area contributed by atoms with Crippen molar-refractivity contribution < 1.29 is 18.4 Å². The fourth-order valence-corrected chi connectivity index (χ4v) is 1.12. The molecule has 0 saturated heterocycles. The van der Waals surface area contributed by atoms with Crippen molar-refractivity contribution in [3.05, 3.63) is 24.3 Å². The van der Waals surface area contributed by atoms with Gasteiger partial charge in [-0.15, -0.1) is 0 Å². The minimum Gasteiger partial charge on any atom is -0.326 e. The number of hydrogen-bond donors (Lipinski definition) is 2. The van der Waals surface area contributed by atoms with Crippen LogP contribution >= 0.6 is 0 Å². The molecule has 0 spiro atoms. The molecule has 2 amide bonds. The zero-order valence-corrected chi connectivity index (χ0v) is 10.0. The van der Waals surface area contributed by atoms with Crippen LogP contribution in [0.3, 0.4) is 0 Å². The van der Waals surface area contributed by atoms with Gasteiger partial charge in [0, 0.05) is 17.3 Å². The summed E-state index contributed by atoms with van der Waals surface area (Å²) in [5, 5.41) is 4.69. The summed E-state index contributed by atoms with van der Waals surface area (Å²) in [7, 11) is 0. The normalized spacial score (nSPS) is 10.6. The van der Waals surface area contributed by atoms with Gasteiger partial charge in [-0.2, -0.15) is 8.78 Å². The van der Waals surface area contributed by atoms with Gasteiger partial charge < -0.3 is 10.6 Å². The molecule has 0 aliphatic carbocycles. The summed E-state index contributed by atoms with van der Waals surface area (Å²) in [6.45, 7) is 3.51. The van der Waals surface area contributed by atoms with Gasteiger partial charge >= 0.3 is 6.43 Å². The molecule has 0 radical (unpaired) electrons. The maximum Gasteiger partial charge on any atom is 0.315 e. The van der Waals surface area contributed by atoms with Crippen molar-refractivity contribution in [2.24, 2.45) is 5.92 Å². The van der Waals surface area contributed by atoms with Crippen LogP contribution in [0.5, 0.6) is 0 Å². The van der Waals surface area contributed by atoms with Crippen molar-refractivity contribution in [2.45, 2.75) is 20.3 Å². The van der Waals surface area contributed by atoms with E-state index in [1.807, 2.05) is 5.32 Å². The van der Waals surface area contributed by atoms with Crippen molar-refractivity contribution in [1.82, 2.24) is 0 Å². The molecule has 0 saturated carbocycles. The second-order valence-corrected chi connectivity index (χ2v) is 4.01. The molecule has 0 heterocycles. The van der Waals surface area contributed by atoms with Crippen molar-refractivity contribution in [3.8, 4) is 0 Å². The smallest absolute Gasteiger partial charge is 0.315 e. The van der Waals surface area contributed by atoms with Gasteiger partial charge in [0.25, 0.3) is 5.91 Å². The fraction of sp³-hybridized carbons (Fsp3) is 0.333. The molecule has 0 aromatic heterocycles. The van der Waals surface area contributed by atoms with E-state index < -0.39 is 12.3 Å². The lowest BCUT2D eigenvalue weighted by Crippen LogP contribution is -2.20. The van der Waals surface area contributed by atoms with E-state index in [0.29, 0.717) is 5.69 Å². The average molecular weight is 256 g/mol. The Kier molecular flexibility index (Phi) is 4.76. The van der Waals surface area contributed by atoms with Crippen LogP contribution in [0.1, 0.15) is 13.8 Å². The number of rotatable bonds is 4. The van der Waals surface area contributed by atoms with E-state index in [4.69, 9.17) is 0 Å². The highest BCUT2D eigenvalue weighted by atomic mass is 19.3. The van der Waals surface area contributed by atoms with Gasteiger partial charge in [0.2, 0.25) is 5.91 Å². The predicted molar refractivity (Wildman–Crippen MR) is 64.5 cm³/mol. The van der Waals surface area contributed by atoms with Gasteiger partial charge in [-0.25, -0.2) is 0 Å². The van der Waals surface area contributed by atoms with E-state index in [0.717, 1.165) is 0 Å². The first-order valence-electron chi connectivity index (χ1n) is 5.40. The third-order valence-corrected chi connectivity index (χ3v) is 2.14. The van der Waals surface area contributed by atoms with Crippen molar-refractivity contribution >= 4 is 23.2 Å². The second-order valence-electron chi connectivity index (χ2n) is 4.01. The molecule has 0 fully saturated rings. The zero-order valence-electron chi connectivity index (χ0n) is 10.0. The van der Waals surface area contributed by atoms with Gasteiger partial charge in [-0.1, -0.05) is 13.8 Å². The molecule has 1 aromatic rings. The summed E-state index contributed by atoms with van der Waals surface area (Å²) < 4.78 is 24.0. The quantitative estimate of drug-likeness (QED) is 0.869. The first kappa shape index (κ1) is 14.1. The van der Waals surface area contributed by atoms with Crippen molar-refractivity contribution in [1.29, 1.82) is 0 Å². The van der Waals surface area contributed by atoms with E-state index in [9.17, 15) is 18.4 Å². The minimum absolute atomic E-state index is 0.139. The minimum atomic E-state index is -3.05. The number of amides is 2. The SMILES string of the molecule is CC(C)C(=O)Nc1ccc(NC(=O)C(F)F)cc1. The number of benzene rings is 1. The Morgan fingerprint density at radius 1 is 0.944 bits per heavy atom. The lowest BCUT2D eigenvalue weighted by atomic mass is 10.2. The Morgan fingerprint density at radius 2 is 1.33 bits per heavy atom. The molecule has 6 heteroatoms. The Balaban J connectivity index is 2.63. The third-order valence-electron chi connectivity index (χ3n) is 2.14. The fourth-order valence-electron chi connectivity index (χ4n) is 1.12. The molecular formula is C12H14F2N2O2. The standard InChI is InChI=1S/C12H14F2N2O2/c1-7(2)11(17)15-8-3-5-9(6-4-8)16-12(18)10(13)14/h3-7,10H,1-2H3,(H,15,17)(H,16,18). The van der Waals surface area contributed by atoms with E-state index in [-0.39, 0.29) is 17.5 Å². The van der Waals surface area contributed by atoms with Crippen LogP contribution in [-0.4, -0.2) is 18.2 Å². The monoisotopic (exact) mass is 256 g/mol. The van der Waals surface area contributed by atoms with Gasteiger partial charge in [-0.05, 0) is 24.3 Å². The van der Waals surface area contributed by atoms with E-state index in [1.54, 1.807) is 13.8 Å². The molecule has 18 heavy (non-hydrogen) atoms. The van der Waals surface area contributed by atoms with Crippen LogP contribution in [0, 0.1) is 5.92 Å². The molecule has 0 aliphatic rings. The highest BCUT2D eigenvalue weighted by Gasteiger charge is 2.14. The van der Waals surface area contributed by atoms with Crippen LogP contribution < -0.4 is 10.6 Å². The van der Waals surface area contributed by atoms with Gasteiger partial charge in [-0.3, -0.25) is 9.59 Å². The van der Waals surface area contributed by atoms with Crippen LogP contribution in [-0.2, 0) is 9.59 Å². The highest BCUT2D eigenvalue weighted by Crippen LogP contribution is 2.15. The number of hydrogen-bond acceptors (Lipinski definition) is 2. The molecule has 4 nitrogen and oxygen atoms in total. The van der Waals surface area contributed by atoms with E-state index in [1.165, 1.54) is 24.3 Å². The summed E-state index contributed by atoms with van der Waals surface area (Å²) in [6, 6.07) is 5.94. The Hall–Kier alpha value is -1.98. The summed E-state index contributed by atoms with van der Waals surface area (Å²) in [5.41, 5.74) is 0.798. The number of alkyl halides is 2. The molecule has 0 unspecified atom stereocenters. The summed E-state index contributed by atoms with van der Waals surface area (Å²) >= 11 is 0. The third kappa shape index (κ3) is 4.12. The van der Waals surface area contributed by atoms with Crippen LogP contribution in [0.25, 0.3) is 0 Å². The zero-order chi connectivity index (χ0) is 13.7. The number of anilines is 2. The lowest BCUT2D eigenvalue weighted by Gasteiger charge is -2.09. The van der Waals surface area contributed by atoms with Crippen LogP contribution in [0.2, 0.25) is 0 Å². The topological polar surface area (TPSA) is 58.2 Å². The summed E-state index contributed by atoms with van der Waals surface area (Å²) in [4.78, 5) is 22.1. The number of halogens is 2. The molecule has 98 valence electrons. The molecule has 0 bridgehead atoms. The number of carbonyl (C=O) groups excluding carboxylic acids is 2. The van der Waals surface area contributed by atoms with Crippen molar-refractivity contribution in [3.63, 3.8) is 0 Å². The Labute approximate surface area is 103 Å². The van der Waals surface area contributed by atoms with Crippen LogP contribution in [0.4, 0.5) is 20.2 Å².